The highest BCUT2D eigenvalue weighted by Crippen LogP contribution is 2.61. The molecule has 2 aromatic rings. The molecule has 4 saturated carbocycles. The highest BCUT2D eigenvalue weighted by Gasteiger charge is 2.58. The molecular weight excluding hydrogens is 457 g/mol. The molecule has 1 aromatic carbocycles. The maximum atomic E-state index is 14.7. The van der Waals surface area contributed by atoms with Crippen molar-refractivity contribution in [1.29, 1.82) is 0 Å². The van der Waals surface area contributed by atoms with Crippen LogP contribution in [0.15, 0.2) is 35.3 Å². The lowest BCUT2D eigenvalue weighted by Gasteiger charge is -2.62. The first kappa shape index (κ1) is 23.9. The molecule has 6 rings (SSSR count). The number of aromatic nitrogens is 1. The lowest BCUT2D eigenvalue weighted by atomic mass is 9.49. The minimum atomic E-state index is -2.95. The molecule has 4 aliphatic carbocycles. The van der Waals surface area contributed by atoms with E-state index < -0.39 is 29.8 Å². The number of carbonyl (C=O) groups excluding carboxylic acids is 1. The number of hydrogen-bond acceptors (Lipinski definition) is 4. The zero-order valence-electron chi connectivity index (χ0n) is 20.2. The standard InChI is InChI=1S/C26H31F3N4O2/c1-14(18-5-4-6-19(23(18)27)24(28)29)30-25(35)20-13-33(26-10-15(11-26)12-26)22(34)9-21(20)31-16-7-17(8-16)32(2)3/h4-6,9,13-17,24,31H,7-8,10-12H2,1-3H3,(H,30,35)/t14-,15?,16-,17+,26?/m1/s1. The number of pyridine rings is 1. The summed E-state index contributed by atoms with van der Waals surface area (Å²) < 4.78 is 42.7. The van der Waals surface area contributed by atoms with E-state index in [9.17, 15) is 22.8 Å². The van der Waals surface area contributed by atoms with E-state index in [0.717, 1.165) is 38.2 Å². The molecule has 2 N–H and O–H groups in total. The monoisotopic (exact) mass is 488 g/mol. The number of rotatable bonds is 8. The Bertz CT molecular complexity index is 1190. The molecule has 0 unspecified atom stereocenters. The molecule has 0 saturated heterocycles. The average molecular weight is 489 g/mol. The van der Waals surface area contributed by atoms with Crippen LogP contribution in [0.1, 0.15) is 73.0 Å². The second-order valence-electron chi connectivity index (χ2n) is 10.7. The van der Waals surface area contributed by atoms with Crippen LogP contribution in [0.4, 0.5) is 18.9 Å². The van der Waals surface area contributed by atoms with Gasteiger partial charge in [0, 0.05) is 35.4 Å². The molecule has 4 fully saturated rings. The first-order chi connectivity index (χ1) is 16.6. The Labute approximate surface area is 202 Å². The van der Waals surface area contributed by atoms with Crippen molar-refractivity contribution in [3.63, 3.8) is 0 Å². The van der Waals surface area contributed by atoms with Gasteiger partial charge in [-0.25, -0.2) is 13.2 Å². The van der Waals surface area contributed by atoms with E-state index in [0.29, 0.717) is 23.2 Å². The second-order valence-corrected chi connectivity index (χ2v) is 10.7. The third-order valence-electron chi connectivity index (χ3n) is 8.13. The Morgan fingerprint density at radius 2 is 1.83 bits per heavy atom. The fourth-order valence-electron chi connectivity index (χ4n) is 5.70. The summed E-state index contributed by atoms with van der Waals surface area (Å²) in [7, 11) is 4.04. The zero-order chi connectivity index (χ0) is 25.1. The largest absolute Gasteiger partial charge is 0.381 e. The van der Waals surface area contributed by atoms with Crippen LogP contribution < -0.4 is 16.2 Å². The van der Waals surface area contributed by atoms with Gasteiger partial charge in [0.1, 0.15) is 5.82 Å². The molecular formula is C26H31F3N4O2. The Hall–Kier alpha value is -2.81. The van der Waals surface area contributed by atoms with Gasteiger partial charge in [0.15, 0.2) is 0 Å². The van der Waals surface area contributed by atoms with Crippen molar-refractivity contribution in [3.8, 4) is 0 Å². The molecule has 1 heterocycles. The lowest BCUT2D eigenvalue weighted by molar-refractivity contribution is -0.0914. The van der Waals surface area contributed by atoms with Crippen molar-refractivity contribution in [2.45, 2.75) is 69.1 Å². The predicted molar refractivity (Wildman–Crippen MR) is 127 cm³/mol. The summed E-state index contributed by atoms with van der Waals surface area (Å²) in [6.07, 6.45) is 3.28. The number of anilines is 1. The van der Waals surface area contributed by atoms with E-state index in [1.807, 2.05) is 14.1 Å². The summed E-state index contributed by atoms with van der Waals surface area (Å²) in [6, 6.07) is 5.01. The molecule has 0 radical (unpaired) electrons. The molecule has 9 heteroatoms. The van der Waals surface area contributed by atoms with Crippen LogP contribution in [0.5, 0.6) is 0 Å². The fourth-order valence-corrected chi connectivity index (χ4v) is 5.70. The summed E-state index contributed by atoms with van der Waals surface area (Å²) in [6.45, 7) is 1.56. The summed E-state index contributed by atoms with van der Waals surface area (Å²) in [4.78, 5) is 28.5. The SMILES string of the molecule is C[C@@H](NC(=O)c1cn(C23CC(C2)C3)c(=O)cc1N[C@H]1C[C@@H](N(C)C)C1)c1cccc(C(F)F)c1F. The van der Waals surface area contributed by atoms with Crippen molar-refractivity contribution in [2.24, 2.45) is 5.92 Å². The van der Waals surface area contributed by atoms with Crippen LogP contribution in [0, 0.1) is 11.7 Å². The van der Waals surface area contributed by atoms with Crippen molar-refractivity contribution in [3.05, 3.63) is 63.3 Å². The minimum Gasteiger partial charge on any atom is -0.381 e. The minimum absolute atomic E-state index is 0.00813. The smallest absolute Gasteiger partial charge is 0.266 e. The third-order valence-corrected chi connectivity index (χ3v) is 8.13. The van der Waals surface area contributed by atoms with Crippen molar-refractivity contribution >= 4 is 11.6 Å². The summed E-state index contributed by atoms with van der Waals surface area (Å²) in [5.41, 5.74) is -0.291. The number of carbonyl (C=O) groups is 1. The van der Waals surface area contributed by atoms with Crippen molar-refractivity contribution in [2.75, 3.05) is 19.4 Å². The lowest BCUT2D eigenvalue weighted by Crippen LogP contribution is -2.62. The van der Waals surface area contributed by atoms with Gasteiger partial charge >= 0.3 is 0 Å². The third kappa shape index (κ3) is 4.13. The summed E-state index contributed by atoms with van der Waals surface area (Å²) in [5.74, 6) is -0.845. The predicted octanol–water partition coefficient (Wildman–Crippen LogP) is 4.43. The topological polar surface area (TPSA) is 66.4 Å². The maximum absolute atomic E-state index is 14.7. The summed E-state index contributed by atoms with van der Waals surface area (Å²) >= 11 is 0. The van der Waals surface area contributed by atoms with Gasteiger partial charge < -0.3 is 20.1 Å². The first-order valence-corrected chi connectivity index (χ1v) is 12.2. The molecule has 1 aromatic heterocycles. The van der Waals surface area contributed by atoms with Crippen LogP contribution in [0.2, 0.25) is 0 Å². The molecule has 0 spiro atoms. The number of hydrogen-bond donors (Lipinski definition) is 2. The van der Waals surface area contributed by atoms with Crippen molar-refractivity contribution in [1.82, 2.24) is 14.8 Å². The molecule has 0 aliphatic heterocycles. The Kier molecular flexibility index (Phi) is 5.94. The molecule has 35 heavy (non-hydrogen) atoms. The van der Waals surface area contributed by atoms with E-state index in [1.165, 1.54) is 18.2 Å². The summed E-state index contributed by atoms with van der Waals surface area (Å²) in [5, 5.41) is 6.11. The molecule has 2 bridgehead atoms. The van der Waals surface area contributed by atoms with Crippen LogP contribution in [0.25, 0.3) is 0 Å². The van der Waals surface area contributed by atoms with E-state index in [2.05, 4.69) is 15.5 Å². The van der Waals surface area contributed by atoms with Crippen molar-refractivity contribution < 1.29 is 18.0 Å². The zero-order valence-corrected chi connectivity index (χ0v) is 20.2. The fraction of sp³-hybridized carbons (Fsp3) is 0.538. The van der Waals surface area contributed by atoms with E-state index >= 15 is 0 Å². The Morgan fingerprint density at radius 3 is 2.40 bits per heavy atom. The number of halogens is 3. The number of alkyl halides is 2. The van der Waals surface area contributed by atoms with Crippen LogP contribution in [-0.4, -0.2) is 41.6 Å². The quantitative estimate of drug-likeness (QED) is 0.577. The van der Waals surface area contributed by atoms with Gasteiger partial charge in [-0.15, -0.1) is 0 Å². The first-order valence-electron chi connectivity index (χ1n) is 12.2. The highest BCUT2D eigenvalue weighted by atomic mass is 19.3. The van der Waals surface area contributed by atoms with Gasteiger partial charge in [-0.3, -0.25) is 9.59 Å². The van der Waals surface area contributed by atoms with E-state index in [-0.39, 0.29) is 22.7 Å². The molecule has 4 aliphatic rings. The normalized spacial score (nSPS) is 27.6. The van der Waals surface area contributed by atoms with Crippen LogP contribution in [-0.2, 0) is 5.54 Å². The average Bonchev–Trinajstić information content (AvgIpc) is 2.69. The Morgan fingerprint density at radius 1 is 1.17 bits per heavy atom. The highest BCUT2D eigenvalue weighted by molar-refractivity contribution is 5.99. The van der Waals surface area contributed by atoms with Gasteiger partial charge in [0.25, 0.3) is 17.9 Å². The molecule has 1 amide bonds. The number of benzene rings is 1. The van der Waals surface area contributed by atoms with Gasteiger partial charge in [-0.2, -0.15) is 0 Å². The number of nitrogens with zero attached hydrogens (tertiary/aromatic N) is 2. The van der Waals surface area contributed by atoms with E-state index in [1.54, 1.807) is 17.7 Å². The van der Waals surface area contributed by atoms with Crippen LogP contribution >= 0.6 is 0 Å². The molecule has 6 nitrogen and oxygen atoms in total. The van der Waals surface area contributed by atoms with E-state index in [4.69, 9.17) is 0 Å². The van der Waals surface area contributed by atoms with Crippen LogP contribution in [0.3, 0.4) is 0 Å². The van der Waals surface area contributed by atoms with Gasteiger partial charge in [-0.1, -0.05) is 18.2 Å². The number of amides is 1. The van der Waals surface area contributed by atoms with Gasteiger partial charge in [-0.05, 0) is 59.0 Å². The maximum Gasteiger partial charge on any atom is 0.266 e. The molecule has 1 atom stereocenters. The van der Waals surface area contributed by atoms with Gasteiger partial charge in [0.2, 0.25) is 0 Å². The second kappa shape index (κ2) is 8.69. The number of nitrogens with one attached hydrogen (secondary N) is 2. The van der Waals surface area contributed by atoms with Gasteiger partial charge in [0.05, 0.1) is 22.9 Å². The Balaban J connectivity index is 1.42. The molecule has 188 valence electrons.